The summed E-state index contributed by atoms with van der Waals surface area (Å²) < 4.78 is 4.74. The SMILES string of the molecule is C/C=C/[C@@H]1OC(=O)C[C@H]1O. The van der Waals surface area contributed by atoms with Gasteiger partial charge >= 0.3 is 5.97 Å². The van der Waals surface area contributed by atoms with Crippen molar-refractivity contribution < 1.29 is 14.6 Å². The van der Waals surface area contributed by atoms with Gasteiger partial charge in [-0.25, -0.2) is 0 Å². The van der Waals surface area contributed by atoms with Crippen LogP contribution in [-0.2, 0) is 9.53 Å². The first kappa shape index (κ1) is 7.28. The third kappa shape index (κ3) is 1.36. The van der Waals surface area contributed by atoms with E-state index in [1.807, 2.05) is 6.92 Å². The van der Waals surface area contributed by atoms with Crippen molar-refractivity contribution in [1.82, 2.24) is 0 Å². The van der Waals surface area contributed by atoms with Crippen molar-refractivity contribution in [3.8, 4) is 0 Å². The molecule has 1 fully saturated rings. The number of hydrogen-bond acceptors (Lipinski definition) is 3. The largest absolute Gasteiger partial charge is 0.455 e. The van der Waals surface area contributed by atoms with E-state index in [0.29, 0.717) is 0 Å². The fraction of sp³-hybridized carbons (Fsp3) is 0.571. The lowest BCUT2D eigenvalue weighted by atomic mass is 10.2. The molecule has 2 atom stereocenters. The van der Waals surface area contributed by atoms with E-state index < -0.39 is 12.2 Å². The molecule has 3 nitrogen and oxygen atoms in total. The van der Waals surface area contributed by atoms with Crippen molar-refractivity contribution in [2.75, 3.05) is 0 Å². The maximum Gasteiger partial charge on any atom is 0.309 e. The monoisotopic (exact) mass is 142 g/mol. The average molecular weight is 142 g/mol. The number of aliphatic hydroxyl groups is 1. The van der Waals surface area contributed by atoms with E-state index >= 15 is 0 Å². The van der Waals surface area contributed by atoms with Crippen LogP contribution < -0.4 is 0 Å². The van der Waals surface area contributed by atoms with E-state index in [9.17, 15) is 4.79 Å². The summed E-state index contributed by atoms with van der Waals surface area (Å²) in [7, 11) is 0. The quantitative estimate of drug-likeness (QED) is 0.421. The summed E-state index contributed by atoms with van der Waals surface area (Å²) in [5.41, 5.74) is 0. The standard InChI is InChI=1S/C7H10O3/c1-2-3-6-5(8)4-7(9)10-6/h2-3,5-6,8H,4H2,1H3/b3-2+/t5-,6+/m1/s1. The maximum absolute atomic E-state index is 10.5. The van der Waals surface area contributed by atoms with Gasteiger partial charge in [0.2, 0.25) is 0 Å². The summed E-state index contributed by atoms with van der Waals surface area (Å²) in [4.78, 5) is 10.5. The summed E-state index contributed by atoms with van der Waals surface area (Å²) in [6.07, 6.45) is 2.48. The minimum atomic E-state index is -0.649. The highest BCUT2D eigenvalue weighted by molar-refractivity contribution is 5.72. The van der Waals surface area contributed by atoms with Gasteiger partial charge in [-0.1, -0.05) is 6.08 Å². The number of hydrogen-bond donors (Lipinski definition) is 1. The van der Waals surface area contributed by atoms with E-state index in [4.69, 9.17) is 9.84 Å². The maximum atomic E-state index is 10.5. The Kier molecular flexibility index (Phi) is 2.06. The lowest BCUT2D eigenvalue weighted by molar-refractivity contribution is -0.140. The van der Waals surface area contributed by atoms with Crippen LogP contribution in [0.25, 0.3) is 0 Å². The van der Waals surface area contributed by atoms with Crippen molar-refractivity contribution in [3.05, 3.63) is 12.2 Å². The van der Waals surface area contributed by atoms with Crippen LogP contribution in [0.2, 0.25) is 0 Å². The number of carbonyl (C=O) groups is 1. The molecule has 1 aliphatic heterocycles. The predicted octanol–water partition coefficient (Wildman–Crippen LogP) is 0.239. The van der Waals surface area contributed by atoms with Gasteiger partial charge in [0.05, 0.1) is 6.42 Å². The molecule has 1 saturated heterocycles. The molecule has 0 bridgehead atoms. The van der Waals surface area contributed by atoms with Crippen LogP contribution in [0.1, 0.15) is 13.3 Å². The van der Waals surface area contributed by atoms with Crippen molar-refractivity contribution >= 4 is 5.97 Å². The first-order valence-corrected chi connectivity index (χ1v) is 3.24. The molecule has 1 aliphatic rings. The smallest absolute Gasteiger partial charge is 0.309 e. The number of cyclic esters (lactones) is 1. The predicted molar refractivity (Wildman–Crippen MR) is 35.3 cm³/mol. The summed E-state index contributed by atoms with van der Waals surface area (Å²) in [5.74, 6) is -0.324. The number of esters is 1. The van der Waals surface area contributed by atoms with E-state index in [2.05, 4.69) is 0 Å². The fourth-order valence-electron chi connectivity index (χ4n) is 0.923. The first-order valence-electron chi connectivity index (χ1n) is 3.24. The zero-order chi connectivity index (χ0) is 7.56. The third-order valence-electron chi connectivity index (χ3n) is 1.40. The molecule has 56 valence electrons. The van der Waals surface area contributed by atoms with Crippen molar-refractivity contribution in [1.29, 1.82) is 0 Å². The Balaban J connectivity index is 2.54. The summed E-state index contributed by atoms with van der Waals surface area (Å²) in [6.45, 7) is 1.82. The second-order valence-electron chi connectivity index (χ2n) is 2.25. The summed E-state index contributed by atoms with van der Waals surface area (Å²) in [5, 5.41) is 9.09. The highest BCUT2D eigenvalue weighted by Crippen LogP contribution is 2.15. The molecule has 10 heavy (non-hydrogen) atoms. The van der Waals surface area contributed by atoms with Gasteiger partial charge in [-0.05, 0) is 13.0 Å². The molecule has 1 heterocycles. The molecule has 0 unspecified atom stereocenters. The third-order valence-corrected chi connectivity index (χ3v) is 1.40. The van der Waals surface area contributed by atoms with Gasteiger partial charge in [0.1, 0.15) is 12.2 Å². The molecular formula is C7H10O3. The Morgan fingerprint density at radius 3 is 2.90 bits per heavy atom. The lowest BCUT2D eigenvalue weighted by Gasteiger charge is -2.05. The van der Waals surface area contributed by atoms with Crippen molar-refractivity contribution in [2.45, 2.75) is 25.6 Å². The number of ether oxygens (including phenoxy) is 1. The first-order chi connectivity index (χ1) is 4.74. The van der Waals surface area contributed by atoms with Gasteiger partial charge in [0, 0.05) is 0 Å². The topological polar surface area (TPSA) is 46.5 Å². The molecule has 0 aromatic carbocycles. The summed E-state index contributed by atoms with van der Waals surface area (Å²) >= 11 is 0. The van der Waals surface area contributed by atoms with Crippen LogP contribution >= 0.6 is 0 Å². The highest BCUT2D eigenvalue weighted by atomic mass is 16.6. The van der Waals surface area contributed by atoms with Crippen molar-refractivity contribution in [2.24, 2.45) is 0 Å². The molecule has 0 aromatic rings. The average Bonchev–Trinajstić information content (AvgIpc) is 2.13. The lowest BCUT2D eigenvalue weighted by Crippen LogP contribution is -2.17. The van der Waals surface area contributed by atoms with Crippen LogP contribution in [0.15, 0.2) is 12.2 Å². The Morgan fingerprint density at radius 2 is 2.50 bits per heavy atom. The summed E-state index contributed by atoms with van der Waals surface area (Å²) in [6, 6.07) is 0. The van der Waals surface area contributed by atoms with E-state index in [1.165, 1.54) is 0 Å². The molecule has 0 spiro atoms. The Bertz CT molecular complexity index is 162. The Hall–Kier alpha value is -0.830. The number of allylic oxidation sites excluding steroid dienone is 1. The number of rotatable bonds is 1. The van der Waals surface area contributed by atoms with Crippen LogP contribution in [0, 0.1) is 0 Å². The highest BCUT2D eigenvalue weighted by Gasteiger charge is 2.30. The molecule has 0 saturated carbocycles. The number of aliphatic hydroxyl groups excluding tert-OH is 1. The Morgan fingerprint density at radius 1 is 1.80 bits per heavy atom. The molecular weight excluding hydrogens is 132 g/mol. The van der Waals surface area contributed by atoms with Crippen molar-refractivity contribution in [3.63, 3.8) is 0 Å². The second-order valence-corrected chi connectivity index (χ2v) is 2.25. The van der Waals surface area contributed by atoms with Crippen LogP contribution in [0.3, 0.4) is 0 Å². The minimum absolute atomic E-state index is 0.120. The van der Waals surface area contributed by atoms with Gasteiger partial charge < -0.3 is 9.84 Å². The zero-order valence-corrected chi connectivity index (χ0v) is 5.78. The number of carbonyl (C=O) groups excluding carboxylic acids is 1. The minimum Gasteiger partial charge on any atom is -0.455 e. The van der Waals surface area contributed by atoms with Crippen LogP contribution in [-0.4, -0.2) is 23.3 Å². The molecule has 1 rings (SSSR count). The molecule has 0 aliphatic carbocycles. The zero-order valence-electron chi connectivity index (χ0n) is 5.78. The van der Waals surface area contributed by atoms with Crippen LogP contribution in [0.4, 0.5) is 0 Å². The molecule has 0 amide bonds. The fourth-order valence-corrected chi connectivity index (χ4v) is 0.923. The second kappa shape index (κ2) is 2.84. The molecule has 0 radical (unpaired) electrons. The van der Waals surface area contributed by atoms with Gasteiger partial charge in [-0.2, -0.15) is 0 Å². The van der Waals surface area contributed by atoms with Gasteiger partial charge in [-0.3, -0.25) is 4.79 Å². The van der Waals surface area contributed by atoms with Gasteiger partial charge in [0.15, 0.2) is 0 Å². The van der Waals surface area contributed by atoms with E-state index in [0.717, 1.165) is 0 Å². The van der Waals surface area contributed by atoms with E-state index in [-0.39, 0.29) is 12.4 Å². The van der Waals surface area contributed by atoms with E-state index in [1.54, 1.807) is 12.2 Å². The van der Waals surface area contributed by atoms with Gasteiger partial charge in [0.25, 0.3) is 0 Å². The van der Waals surface area contributed by atoms with Gasteiger partial charge in [-0.15, -0.1) is 0 Å². The molecule has 1 N–H and O–H groups in total. The molecule has 0 aromatic heterocycles. The normalized spacial score (nSPS) is 33.2. The molecule has 3 heteroatoms. The Labute approximate surface area is 59.3 Å². The van der Waals surface area contributed by atoms with Crippen LogP contribution in [0.5, 0.6) is 0 Å².